The first-order valence-corrected chi connectivity index (χ1v) is 36.6. The largest absolute Gasteiger partial charge is 0.480 e. The molecule has 3 aromatic heterocycles. The standard InChI is InChI=1S/C77H112N14O14/c1-15-43(11)64(74(101)87-58(31-41(7)8)69(96)88-62(77(104)105)32-42(9)10)90-76(103)66(46(14)93)91-75(102)65(44(12)16-2)89-72(99)61(35-49-38-81-55-28-22-19-25-52(49)55)85-70(97)59(33-47-36-79-53-26-20-17-23-50(47)53)84-68(95)57(30-40(5)6)82-67(94)56(29-39(3)4)83-71(98)60(86-73(100)63(78)45(13)92)34-48-37-80-54-27-21-18-24-51(48)54/h17-28,36-46,56-66,79-81,92-93H,15-16,29-35,78H2,1-14H3,(H,82,94)(H,83,98)(H,84,95)(H,85,97)(H,86,100)(H,87,101)(H,88,96)(H,89,99)(H,90,103)(H,91,102)(H,104,105)/t43-,44-,45+,46+,56-,57-,58-,59-,60-,61-,62-,63-,64-,65-,66-/m0/s1. The van der Waals surface area contributed by atoms with Gasteiger partial charge in [-0.1, -0.05) is 151 Å². The van der Waals surface area contributed by atoms with E-state index >= 15 is 14.4 Å². The van der Waals surface area contributed by atoms with E-state index in [1.54, 1.807) is 52.4 Å². The summed E-state index contributed by atoms with van der Waals surface area (Å²) in [4.78, 5) is 168. The summed E-state index contributed by atoms with van der Waals surface area (Å²) in [6, 6.07) is 6.80. The van der Waals surface area contributed by atoms with Crippen LogP contribution in [0.3, 0.4) is 0 Å². The number of hydrogen-bond acceptors (Lipinski definition) is 14. The number of carbonyl (C=O) groups is 11. The lowest BCUT2D eigenvalue weighted by atomic mass is 9.95. The van der Waals surface area contributed by atoms with Crippen molar-refractivity contribution in [3.8, 4) is 0 Å². The molecular weight excluding hydrogens is 1340 g/mol. The van der Waals surface area contributed by atoms with Gasteiger partial charge < -0.3 is 89.2 Å². The molecule has 10 amide bonds. The molecule has 6 aromatic rings. The zero-order valence-electron chi connectivity index (χ0n) is 62.9. The smallest absolute Gasteiger partial charge is 0.326 e. The third-order valence-electron chi connectivity index (χ3n) is 19.0. The van der Waals surface area contributed by atoms with Crippen LogP contribution >= 0.6 is 0 Å². The Morgan fingerprint density at radius 2 is 0.600 bits per heavy atom. The van der Waals surface area contributed by atoms with Crippen molar-refractivity contribution in [2.24, 2.45) is 41.2 Å². The fourth-order valence-corrected chi connectivity index (χ4v) is 12.6. The zero-order chi connectivity index (χ0) is 77.7. The maximum absolute atomic E-state index is 15.5. The lowest BCUT2D eigenvalue weighted by Gasteiger charge is -2.31. The topological polar surface area (TPSA) is 442 Å². The molecule has 3 aromatic carbocycles. The number of aromatic nitrogens is 3. The predicted molar refractivity (Wildman–Crippen MR) is 401 cm³/mol. The van der Waals surface area contributed by atoms with E-state index in [-0.39, 0.29) is 75.0 Å². The van der Waals surface area contributed by atoms with Gasteiger partial charge in [0.25, 0.3) is 0 Å². The van der Waals surface area contributed by atoms with Gasteiger partial charge in [0.2, 0.25) is 59.1 Å². The quantitative estimate of drug-likeness (QED) is 0.0252. The van der Waals surface area contributed by atoms with Crippen LogP contribution in [0.2, 0.25) is 0 Å². The van der Waals surface area contributed by atoms with Crippen molar-refractivity contribution in [2.75, 3.05) is 0 Å². The van der Waals surface area contributed by atoms with Gasteiger partial charge in [0, 0.05) is 70.6 Å². The number of aromatic amines is 3. The lowest BCUT2D eigenvalue weighted by molar-refractivity contribution is -0.143. The third kappa shape index (κ3) is 24.2. The maximum Gasteiger partial charge on any atom is 0.326 e. The van der Waals surface area contributed by atoms with Crippen LogP contribution in [0, 0.1) is 35.5 Å². The molecule has 28 nitrogen and oxygen atoms in total. The number of nitrogens with one attached hydrogen (secondary N) is 13. The molecule has 0 unspecified atom stereocenters. The Hall–Kier alpha value is -9.67. The Morgan fingerprint density at radius 3 is 0.924 bits per heavy atom. The number of aliphatic hydroxyl groups excluding tert-OH is 2. The van der Waals surface area contributed by atoms with Crippen LogP contribution in [0.1, 0.15) is 152 Å². The molecule has 28 heteroatoms. The summed E-state index contributed by atoms with van der Waals surface area (Å²) in [6.45, 7) is 24.1. The number of aliphatic carboxylic acids is 1. The summed E-state index contributed by atoms with van der Waals surface area (Å²) < 4.78 is 0. The molecule has 0 aliphatic rings. The number of carbonyl (C=O) groups excluding carboxylic acids is 10. The Labute approximate surface area is 614 Å². The van der Waals surface area contributed by atoms with Gasteiger partial charge in [0.05, 0.1) is 12.2 Å². The van der Waals surface area contributed by atoms with Crippen molar-refractivity contribution in [1.29, 1.82) is 0 Å². The number of fused-ring (bicyclic) bond motifs is 3. The highest BCUT2D eigenvalue weighted by Crippen LogP contribution is 2.25. The number of nitrogens with two attached hydrogens (primary N) is 1. The summed E-state index contributed by atoms with van der Waals surface area (Å²) in [5, 5.41) is 61.2. The molecule has 574 valence electrons. The summed E-state index contributed by atoms with van der Waals surface area (Å²) in [5.74, 6) is -11.3. The van der Waals surface area contributed by atoms with Gasteiger partial charge in [-0.05, 0) is 110 Å². The normalized spacial score (nSPS) is 16.0. The number of amides is 10. The Balaban J connectivity index is 1.30. The van der Waals surface area contributed by atoms with E-state index in [2.05, 4.69) is 68.1 Å². The maximum atomic E-state index is 15.5. The molecule has 3 heterocycles. The van der Waals surface area contributed by atoms with E-state index in [1.807, 2.05) is 122 Å². The van der Waals surface area contributed by atoms with Crippen LogP contribution in [0.25, 0.3) is 32.7 Å². The van der Waals surface area contributed by atoms with Crippen LogP contribution in [-0.4, -0.2) is 174 Å². The molecule has 0 aliphatic carbocycles. The van der Waals surface area contributed by atoms with Gasteiger partial charge in [-0.25, -0.2) is 4.79 Å². The molecule has 0 bridgehead atoms. The Bertz CT molecular complexity index is 3950. The molecule has 0 spiro atoms. The highest BCUT2D eigenvalue weighted by atomic mass is 16.4. The van der Waals surface area contributed by atoms with Crippen molar-refractivity contribution in [2.45, 2.75) is 233 Å². The van der Waals surface area contributed by atoms with Crippen LogP contribution in [-0.2, 0) is 72.0 Å². The molecule has 0 fully saturated rings. The number of carboxylic acids is 1. The van der Waals surface area contributed by atoms with Crippen LogP contribution in [0.15, 0.2) is 91.4 Å². The van der Waals surface area contributed by atoms with Crippen molar-refractivity contribution in [3.05, 3.63) is 108 Å². The molecule has 0 aliphatic heterocycles. The fourth-order valence-electron chi connectivity index (χ4n) is 12.6. The van der Waals surface area contributed by atoms with Crippen LogP contribution < -0.4 is 58.9 Å². The van der Waals surface area contributed by atoms with Crippen molar-refractivity contribution < 1.29 is 68.1 Å². The van der Waals surface area contributed by atoms with E-state index in [1.165, 1.54) is 13.8 Å². The summed E-state index contributed by atoms with van der Waals surface area (Å²) in [7, 11) is 0. The Morgan fingerprint density at radius 1 is 0.343 bits per heavy atom. The van der Waals surface area contributed by atoms with Crippen molar-refractivity contribution in [1.82, 2.24) is 68.1 Å². The van der Waals surface area contributed by atoms with E-state index in [9.17, 15) is 53.7 Å². The molecule has 0 saturated heterocycles. The van der Waals surface area contributed by atoms with E-state index in [4.69, 9.17) is 5.73 Å². The number of H-pyrrole nitrogens is 3. The summed E-state index contributed by atoms with van der Waals surface area (Å²) in [6.07, 6.45) is 2.88. The number of benzene rings is 3. The summed E-state index contributed by atoms with van der Waals surface area (Å²) in [5.41, 5.74) is 10.1. The van der Waals surface area contributed by atoms with Gasteiger partial charge in [0.15, 0.2) is 0 Å². The van der Waals surface area contributed by atoms with Crippen molar-refractivity contribution in [3.63, 3.8) is 0 Å². The SMILES string of the molecule is CC[C@H](C)[C@H](NC(=O)[C@H](Cc1c[nH]c2ccccc12)NC(=O)[C@H](Cc1c[nH]c2ccccc12)NC(=O)[C@H](CC(C)C)NC(=O)[C@H](CC(C)C)NC(=O)[C@H](Cc1c[nH]c2ccccc12)NC(=O)[C@@H](N)[C@@H](C)O)C(=O)N[C@H](C(=O)N[C@H](C(=O)N[C@@H](CC(C)C)C(=O)N[C@@H](CC(C)C)C(=O)O)[C@@H](C)CC)[C@@H](C)O. The van der Waals surface area contributed by atoms with Gasteiger partial charge in [-0.3, -0.25) is 47.9 Å². The molecule has 18 N–H and O–H groups in total. The van der Waals surface area contributed by atoms with Gasteiger partial charge in [-0.15, -0.1) is 0 Å². The minimum Gasteiger partial charge on any atom is -0.480 e. The highest BCUT2D eigenvalue weighted by molar-refractivity contribution is 6.00. The zero-order valence-corrected chi connectivity index (χ0v) is 62.9. The van der Waals surface area contributed by atoms with Crippen LogP contribution in [0.4, 0.5) is 0 Å². The second-order valence-electron chi connectivity index (χ2n) is 29.7. The number of carboxylic acid groups (broad SMARTS) is 1. The Kier molecular flexibility index (Phi) is 31.7. The van der Waals surface area contributed by atoms with E-state index in [0.717, 1.165) is 21.8 Å². The minimum absolute atomic E-state index is 0.0411. The van der Waals surface area contributed by atoms with Crippen LogP contribution in [0.5, 0.6) is 0 Å². The molecule has 105 heavy (non-hydrogen) atoms. The number of rotatable bonds is 41. The van der Waals surface area contributed by atoms with Gasteiger partial charge in [0.1, 0.15) is 66.5 Å². The second kappa shape index (κ2) is 39.4. The first-order valence-electron chi connectivity index (χ1n) is 36.6. The molecule has 6 rings (SSSR count). The fraction of sp³-hybridized carbons (Fsp3) is 0.545. The minimum atomic E-state index is -1.72. The summed E-state index contributed by atoms with van der Waals surface area (Å²) >= 11 is 0. The first kappa shape index (κ1) is 84.3. The first-order chi connectivity index (χ1) is 49.6. The average molecular weight is 1460 g/mol. The number of hydrogen-bond donors (Lipinski definition) is 17. The van der Waals surface area contributed by atoms with Gasteiger partial charge in [-0.2, -0.15) is 0 Å². The van der Waals surface area contributed by atoms with E-state index in [0.29, 0.717) is 34.0 Å². The molecule has 0 radical (unpaired) electrons. The number of para-hydroxylation sites is 3. The highest BCUT2D eigenvalue weighted by Gasteiger charge is 2.40. The monoisotopic (exact) mass is 1460 g/mol. The van der Waals surface area contributed by atoms with E-state index < -0.39 is 156 Å². The van der Waals surface area contributed by atoms with Crippen molar-refractivity contribution >= 4 is 97.7 Å². The third-order valence-corrected chi connectivity index (χ3v) is 19.0. The number of aliphatic hydroxyl groups is 2. The average Bonchev–Trinajstić information content (AvgIpc) is 1.77. The van der Waals surface area contributed by atoms with Gasteiger partial charge >= 0.3 is 5.97 Å². The molecule has 15 atom stereocenters. The second-order valence-corrected chi connectivity index (χ2v) is 29.7. The lowest BCUT2D eigenvalue weighted by Crippen LogP contribution is -2.63. The molecule has 0 saturated carbocycles. The molecular formula is C77H112N14O14. The predicted octanol–water partition coefficient (Wildman–Crippen LogP) is 4.46.